The molecule has 17 heavy (non-hydrogen) atoms. The molecule has 2 rings (SSSR count). The molecule has 0 atom stereocenters. The Hall–Kier alpha value is -1.53. The first-order valence-electron chi connectivity index (χ1n) is 4.69. The zero-order valence-corrected chi connectivity index (χ0v) is 10.5. The van der Waals surface area contributed by atoms with E-state index in [1.165, 1.54) is 23.1 Å². The standard InChI is InChI=1S/C11H9NO3S2/c1-15-7-2-3-10(12-5-7)17-8-4-9(11(13)14)16-6-8/h2-6H,1H3,(H,13,14). The summed E-state index contributed by atoms with van der Waals surface area (Å²) in [6, 6.07) is 5.30. The van der Waals surface area contributed by atoms with Crippen molar-refractivity contribution in [2.45, 2.75) is 9.92 Å². The number of hydrogen-bond acceptors (Lipinski definition) is 5. The van der Waals surface area contributed by atoms with Crippen LogP contribution in [-0.2, 0) is 0 Å². The Bertz CT molecular complexity index is 522. The second kappa shape index (κ2) is 5.20. The fourth-order valence-corrected chi connectivity index (χ4v) is 2.83. The molecule has 0 spiro atoms. The number of nitrogens with zero attached hydrogens (tertiary/aromatic N) is 1. The maximum Gasteiger partial charge on any atom is 0.345 e. The summed E-state index contributed by atoms with van der Waals surface area (Å²) in [5.41, 5.74) is 0. The van der Waals surface area contributed by atoms with E-state index in [1.807, 2.05) is 12.1 Å². The summed E-state index contributed by atoms with van der Waals surface area (Å²) >= 11 is 2.64. The van der Waals surface area contributed by atoms with E-state index in [9.17, 15) is 4.79 Å². The summed E-state index contributed by atoms with van der Waals surface area (Å²) in [6.45, 7) is 0. The molecule has 0 saturated carbocycles. The lowest BCUT2D eigenvalue weighted by atomic mass is 10.5. The zero-order chi connectivity index (χ0) is 12.3. The van der Waals surface area contributed by atoms with E-state index in [0.29, 0.717) is 10.6 Å². The van der Waals surface area contributed by atoms with Gasteiger partial charge in [-0.05, 0) is 18.2 Å². The van der Waals surface area contributed by atoms with Crippen molar-refractivity contribution in [3.05, 3.63) is 34.7 Å². The van der Waals surface area contributed by atoms with Crippen molar-refractivity contribution in [3.63, 3.8) is 0 Å². The Morgan fingerprint density at radius 2 is 2.35 bits per heavy atom. The zero-order valence-electron chi connectivity index (χ0n) is 8.91. The molecular weight excluding hydrogens is 258 g/mol. The van der Waals surface area contributed by atoms with Crippen LogP contribution in [0, 0.1) is 0 Å². The van der Waals surface area contributed by atoms with Crippen LogP contribution in [0.2, 0.25) is 0 Å². The Kier molecular flexibility index (Phi) is 3.65. The summed E-state index contributed by atoms with van der Waals surface area (Å²) in [6.07, 6.45) is 1.63. The summed E-state index contributed by atoms with van der Waals surface area (Å²) < 4.78 is 5.01. The van der Waals surface area contributed by atoms with Gasteiger partial charge in [0.1, 0.15) is 15.7 Å². The van der Waals surface area contributed by atoms with Crippen molar-refractivity contribution >= 4 is 29.1 Å². The number of ether oxygens (including phenoxy) is 1. The molecule has 0 radical (unpaired) electrons. The molecule has 0 bridgehead atoms. The van der Waals surface area contributed by atoms with Crippen LogP contribution in [-0.4, -0.2) is 23.2 Å². The second-order valence-corrected chi connectivity index (χ2v) is 5.10. The van der Waals surface area contributed by atoms with Gasteiger partial charge in [-0.15, -0.1) is 11.3 Å². The number of pyridine rings is 1. The molecule has 88 valence electrons. The molecule has 0 aromatic carbocycles. The highest BCUT2D eigenvalue weighted by molar-refractivity contribution is 7.99. The smallest absolute Gasteiger partial charge is 0.345 e. The highest BCUT2D eigenvalue weighted by atomic mass is 32.2. The van der Waals surface area contributed by atoms with E-state index in [0.717, 1.165) is 9.92 Å². The minimum atomic E-state index is -0.899. The quantitative estimate of drug-likeness (QED) is 0.922. The van der Waals surface area contributed by atoms with Crippen LogP contribution >= 0.6 is 23.1 Å². The first-order valence-corrected chi connectivity index (χ1v) is 6.38. The van der Waals surface area contributed by atoms with Gasteiger partial charge in [0.05, 0.1) is 13.3 Å². The molecule has 0 saturated heterocycles. The fourth-order valence-electron chi connectivity index (χ4n) is 1.15. The van der Waals surface area contributed by atoms with E-state index >= 15 is 0 Å². The predicted octanol–water partition coefficient (Wildman–Crippen LogP) is 3.00. The minimum absolute atomic E-state index is 0.334. The van der Waals surface area contributed by atoms with Gasteiger partial charge >= 0.3 is 5.97 Å². The van der Waals surface area contributed by atoms with E-state index < -0.39 is 5.97 Å². The number of aromatic nitrogens is 1. The summed E-state index contributed by atoms with van der Waals surface area (Å²) in [7, 11) is 1.59. The van der Waals surface area contributed by atoms with Crippen molar-refractivity contribution in [1.29, 1.82) is 0 Å². The average molecular weight is 267 g/mol. The van der Waals surface area contributed by atoms with Crippen molar-refractivity contribution in [1.82, 2.24) is 4.98 Å². The van der Waals surface area contributed by atoms with Crippen molar-refractivity contribution in [2.24, 2.45) is 0 Å². The molecule has 4 nitrogen and oxygen atoms in total. The van der Waals surface area contributed by atoms with Gasteiger partial charge in [0.2, 0.25) is 0 Å². The number of carboxylic acids is 1. The third-order valence-electron chi connectivity index (χ3n) is 1.95. The number of carboxylic acid groups (broad SMARTS) is 1. The molecule has 1 N–H and O–H groups in total. The summed E-state index contributed by atoms with van der Waals surface area (Å²) in [5.74, 6) is -0.199. The lowest BCUT2D eigenvalue weighted by Gasteiger charge is -2.00. The van der Waals surface area contributed by atoms with Crippen LogP contribution in [0.4, 0.5) is 0 Å². The monoisotopic (exact) mass is 267 g/mol. The molecule has 6 heteroatoms. The van der Waals surface area contributed by atoms with Crippen LogP contribution in [0.1, 0.15) is 9.67 Å². The number of rotatable bonds is 4. The maximum atomic E-state index is 10.7. The lowest BCUT2D eigenvalue weighted by molar-refractivity contribution is 0.0702. The molecule has 0 fully saturated rings. The Morgan fingerprint density at radius 1 is 1.53 bits per heavy atom. The Labute approximate surface area is 106 Å². The summed E-state index contributed by atoms with van der Waals surface area (Å²) in [4.78, 5) is 16.1. The molecule has 2 aromatic heterocycles. The van der Waals surface area contributed by atoms with Gasteiger partial charge in [0, 0.05) is 10.3 Å². The number of aromatic carboxylic acids is 1. The van der Waals surface area contributed by atoms with Gasteiger partial charge in [-0.3, -0.25) is 0 Å². The normalized spacial score (nSPS) is 10.2. The SMILES string of the molecule is COc1ccc(Sc2csc(C(=O)O)c2)nc1. The van der Waals surface area contributed by atoms with Gasteiger partial charge in [-0.1, -0.05) is 11.8 Å². The number of carbonyl (C=O) groups is 1. The molecule has 0 aliphatic carbocycles. The number of thiophene rings is 1. The van der Waals surface area contributed by atoms with Gasteiger partial charge in [-0.2, -0.15) is 0 Å². The minimum Gasteiger partial charge on any atom is -0.495 e. The molecule has 2 aromatic rings. The van der Waals surface area contributed by atoms with Gasteiger partial charge < -0.3 is 9.84 Å². The van der Waals surface area contributed by atoms with Gasteiger partial charge in [-0.25, -0.2) is 9.78 Å². The van der Waals surface area contributed by atoms with Crippen molar-refractivity contribution in [3.8, 4) is 5.75 Å². The number of hydrogen-bond donors (Lipinski definition) is 1. The molecule has 2 heterocycles. The molecule has 0 aliphatic rings. The van der Waals surface area contributed by atoms with Crippen LogP contribution in [0.3, 0.4) is 0 Å². The first-order chi connectivity index (χ1) is 8.19. The highest BCUT2D eigenvalue weighted by Crippen LogP contribution is 2.30. The maximum absolute atomic E-state index is 10.7. The third-order valence-corrected chi connectivity index (χ3v) is 3.94. The van der Waals surface area contributed by atoms with Crippen molar-refractivity contribution in [2.75, 3.05) is 7.11 Å². The van der Waals surface area contributed by atoms with Gasteiger partial charge in [0.25, 0.3) is 0 Å². The summed E-state index contributed by atoms with van der Waals surface area (Å²) in [5, 5.41) is 11.4. The highest BCUT2D eigenvalue weighted by Gasteiger charge is 2.08. The topological polar surface area (TPSA) is 59.4 Å². The van der Waals surface area contributed by atoms with Crippen LogP contribution in [0.5, 0.6) is 5.75 Å². The molecule has 0 aliphatic heterocycles. The van der Waals surface area contributed by atoms with E-state index in [-0.39, 0.29) is 0 Å². The Morgan fingerprint density at radius 3 is 2.88 bits per heavy atom. The molecular formula is C11H9NO3S2. The lowest BCUT2D eigenvalue weighted by Crippen LogP contribution is -1.89. The average Bonchev–Trinajstić information content (AvgIpc) is 2.79. The molecule has 0 amide bonds. The second-order valence-electron chi connectivity index (χ2n) is 3.09. The van der Waals surface area contributed by atoms with E-state index in [1.54, 1.807) is 24.8 Å². The Balaban J connectivity index is 2.11. The number of methoxy groups -OCH3 is 1. The van der Waals surface area contributed by atoms with Crippen molar-refractivity contribution < 1.29 is 14.6 Å². The van der Waals surface area contributed by atoms with Crippen LogP contribution in [0.25, 0.3) is 0 Å². The third kappa shape index (κ3) is 2.98. The van der Waals surface area contributed by atoms with Crippen LogP contribution < -0.4 is 4.74 Å². The van der Waals surface area contributed by atoms with Gasteiger partial charge in [0.15, 0.2) is 0 Å². The molecule has 0 unspecified atom stereocenters. The fraction of sp³-hybridized carbons (Fsp3) is 0.0909. The first kappa shape index (κ1) is 11.9. The van der Waals surface area contributed by atoms with E-state index in [2.05, 4.69) is 4.98 Å². The largest absolute Gasteiger partial charge is 0.495 e. The van der Waals surface area contributed by atoms with E-state index in [4.69, 9.17) is 9.84 Å². The van der Waals surface area contributed by atoms with Crippen LogP contribution in [0.15, 0.2) is 39.7 Å². The predicted molar refractivity (Wildman–Crippen MR) is 66.2 cm³/mol.